The smallest absolute Gasteiger partial charge is 0.253 e. The average molecular weight is 375 g/mol. The first-order valence-corrected chi connectivity index (χ1v) is 10.1. The molecule has 6 nitrogen and oxygen atoms in total. The molecule has 3 aromatic rings. The molecule has 1 saturated carbocycles. The first-order valence-electron chi connectivity index (χ1n) is 10.1. The van der Waals surface area contributed by atoms with Crippen LogP contribution in [-0.4, -0.2) is 34.5 Å². The number of aromatic nitrogens is 2. The van der Waals surface area contributed by atoms with Crippen LogP contribution < -0.4 is 16.4 Å². The predicted molar refractivity (Wildman–Crippen MR) is 111 cm³/mol. The molecule has 2 aliphatic rings. The molecule has 6 heteroatoms. The van der Waals surface area contributed by atoms with Gasteiger partial charge in [-0.15, -0.1) is 0 Å². The van der Waals surface area contributed by atoms with Gasteiger partial charge in [-0.3, -0.25) is 4.79 Å². The molecule has 1 aliphatic heterocycles. The van der Waals surface area contributed by atoms with Crippen molar-refractivity contribution in [3.63, 3.8) is 0 Å². The largest absolute Gasteiger partial charge is 0.367 e. The van der Waals surface area contributed by atoms with Gasteiger partial charge in [0.1, 0.15) is 5.82 Å². The fourth-order valence-corrected chi connectivity index (χ4v) is 4.45. The lowest BCUT2D eigenvalue weighted by molar-refractivity contribution is 0.0946. The van der Waals surface area contributed by atoms with Crippen molar-refractivity contribution in [3.05, 3.63) is 47.7 Å². The monoisotopic (exact) mass is 375 g/mol. The van der Waals surface area contributed by atoms with Crippen LogP contribution in [0.1, 0.15) is 41.7 Å². The number of hydrogen-bond donors (Lipinski definition) is 4. The fourth-order valence-electron chi connectivity index (χ4n) is 4.45. The van der Waals surface area contributed by atoms with E-state index < -0.39 is 0 Å². The molecule has 1 aliphatic carbocycles. The quantitative estimate of drug-likeness (QED) is 0.565. The van der Waals surface area contributed by atoms with E-state index in [0.29, 0.717) is 12.6 Å². The van der Waals surface area contributed by atoms with Crippen molar-refractivity contribution in [2.45, 2.75) is 44.2 Å². The number of carbonyl (C=O) groups is 1. The van der Waals surface area contributed by atoms with Crippen molar-refractivity contribution < 1.29 is 4.79 Å². The number of benzene rings is 1. The van der Waals surface area contributed by atoms with Crippen molar-refractivity contribution in [2.24, 2.45) is 5.73 Å². The summed E-state index contributed by atoms with van der Waals surface area (Å²) in [5.74, 6) is 0.876. The topological polar surface area (TPSA) is 95.8 Å². The maximum absolute atomic E-state index is 12.1. The van der Waals surface area contributed by atoms with Crippen LogP contribution in [0.25, 0.3) is 22.2 Å². The summed E-state index contributed by atoms with van der Waals surface area (Å²) >= 11 is 0. The lowest BCUT2D eigenvalue weighted by Crippen LogP contribution is -2.35. The summed E-state index contributed by atoms with van der Waals surface area (Å²) in [7, 11) is 0. The molecule has 0 bridgehead atoms. The zero-order valence-corrected chi connectivity index (χ0v) is 15.8. The highest BCUT2D eigenvalue weighted by atomic mass is 16.1. The van der Waals surface area contributed by atoms with Crippen molar-refractivity contribution in [3.8, 4) is 11.3 Å². The molecule has 5 N–H and O–H groups in total. The van der Waals surface area contributed by atoms with Crippen LogP contribution in [0.5, 0.6) is 0 Å². The SMILES string of the molecule is N[C@H]1CCC[C@H](Nc2ccc3cccc(-c4cc5c([nH]4)CCNC5=O)c3n2)C1. The van der Waals surface area contributed by atoms with E-state index in [2.05, 4.69) is 33.8 Å². The minimum Gasteiger partial charge on any atom is -0.367 e. The Morgan fingerprint density at radius 2 is 2.07 bits per heavy atom. The van der Waals surface area contributed by atoms with Crippen LogP contribution in [0.15, 0.2) is 36.4 Å². The molecular weight excluding hydrogens is 350 g/mol. The third-order valence-corrected chi connectivity index (χ3v) is 5.88. The van der Waals surface area contributed by atoms with Gasteiger partial charge in [0.15, 0.2) is 0 Å². The Morgan fingerprint density at radius 3 is 2.93 bits per heavy atom. The minimum atomic E-state index is -0.00654. The summed E-state index contributed by atoms with van der Waals surface area (Å²) in [5, 5.41) is 7.56. The molecule has 1 amide bonds. The molecule has 28 heavy (non-hydrogen) atoms. The predicted octanol–water partition coefficient (Wildman–Crippen LogP) is 3.20. The van der Waals surface area contributed by atoms with Gasteiger partial charge < -0.3 is 21.4 Å². The highest BCUT2D eigenvalue weighted by molar-refractivity contribution is 6.00. The Balaban J connectivity index is 1.52. The fraction of sp³-hybridized carbons (Fsp3) is 0.364. The molecule has 0 spiro atoms. The van der Waals surface area contributed by atoms with Gasteiger partial charge in [-0.2, -0.15) is 0 Å². The molecule has 5 rings (SSSR count). The summed E-state index contributed by atoms with van der Waals surface area (Å²) in [6, 6.07) is 12.9. The Bertz CT molecular complexity index is 1040. The molecule has 0 unspecified atom stereocenters. The molecule has 0 saturated heterocycles. The third-order valence-electron chi connectivity index (χ3n) is 5.88. The summed E-state index contributed by atoms with van der Waals surface area (Å²) < 4.78 is 0. The first-order chi connectivity index (χ1) is 13.7. The average Bonchev–Trinajstić information content (AvgIpc) is 3.13. The molecule has 3 heterocycles. The van der Waals surface area contributed by atoms with E-state index in [4.69, 9.17) is 10.7 Å². The molecule has 1 aromatic carbocycles. The highest BCUT2D eigenvalue weighted by Gasteiger charge is 2.22. The van der Waals surface area contributed by atoms with E-state index in [1.165, 1.54) is 0 Å². The molecule has 1 fully saturated rings. The zero-order valence-electron chi connectivity index (χ0n) is 15.8. The number of pyridine rings is 1. The van der Waals surface area contributed by atoms with Gasteiger partial charge in [-0.1, -0.05) is 18.2 Å². The maximum atomic E-state index is 12.1. The van der Waals surface area contributed by atoms with Crippen molar-refractivity contribution in [2.75, 3.05) is 11.9 Å². The lowest BCUT2D eigenvalue weighted by atomic mass is 9.91. The standard InChI is InChI=1S/C22H25N5O/c23-14-4-2-5-15(11-14)25-20-8-7-13-3-1-6-16(21(13)27-20)19-12-17-18(26-19)9-10-24-22(17)28/h1,3,6-8,12,14-15,26H,2,4-5,9-11,23H2,(H,24,28)(H,25,27)/t14-,15-/m0/s1. The maximum Gasteiger partial charge on any atom is 0.253 e. The number of carbonyl (C=O) groups excluding carboxylic acids is 1. The van der Waals surface area contributed by atoms with E-state index in [9.17, 15) is 4.79 Å². The van der Waals surface area contributed by atoms with E-state index in [0.717, 1.165) is 71.3 Å². The number of rotatable bonds is 3. The van der Waals surface area contributed by atoms with E-state index >= 15 is 0 Å². The van der Waals surface area contributed by atoms with Crippen LogP contribution in [0.2, 0.25) is 0 Å². The normalized spacial score (nSPS) is 22.0. The van der Waals surface area contributed by atoms with Gasteiger partial charge in [-0.25, -0.2) is 4.98 Å². The van der Waals surface area contributed by atoms with Crippen LogP contribution in [0, 0.1) is 0 Å². The lowest BCUT2D eigenvalue weighted by Gasteiger charge is -2.27. The van der Waals surface area contributed by atoms with Gasteiger partial charge in [0.25, 0.3) is 5.91 Å². The number of para-hydroxylation sites is 1. The Kier molecular flexibility index (Phi) is 4.28. The second kappa shape index (κ2) is 6.95. The van der Waals surface area contributed by atoms with Crippen LogP contribution in [-0.2, 0) is 6.42 Å². The number of amides is 1. The molecule has 0 radical (unpaired) electrons. The number of nitrogens with two attached hydrogens (primary N) is 1. The molecule has 144 valence electrons. The van der Waals surface area contributed by atoms with Crippen molar-refractivity contribution in [1.29, 1.82) is 0 Å². The van der Waals surface area contributed by atoms with Gasteiger partial charge in [0.2, 0.25) is 0 Å². The highest BCUT2D eigenvalue weighted by Crippen LogP contribution is 2.31. The van der Waals surface area contributed by atoms with Gasteiger partial charge in [-0.05, 0) is 43.9 Å². The summed E-state index contributed by atoms with van der Waals surface area (Å²) in [6.45, 7) is 0.678. The number of fused-ring (bicyclic) bond motifs is 2. The third kappa shape index (κ3) is 3.14. The number of nitrogens with zero attached hydrogens (tertiary/aromatic N) is 1. The summed E-state index contributed by atoms with van der Waals surface area (Å²) in [5.41, 5.74) is 10.8. The van der Waals surface area contributed by atoms with Crippen LogP contribution in [0.4, 0.5) is 5.82 Å². The Hall–Kier alpha value is -2.86. The van der Waals surface area contributed by atoms with Crippen molar-refractivity contribution >= 4 is 22.6 Å². The summed E-state index contributed by atoms with van der Waals surface area (Å²) in [6.07, 6.45) is 5.22. The molecule has 2 aromatic heterocycles. The zero-order chi connectivity index (χ0) is 19.1. The van der Waals surface area contributed by atoms with Crippen LogP contribution in [0.3, 0.4) is 0 Å². The number of nitrogens with one attached hydrogen (secondary N) is 3. The van der Waals surface area contributed by atoms with E-state index in [-0.39, 0.29) is 11.9 Å². The number of anilines is 1. The summed E-state index contributed by atoms with van der Waals surface area (Å²) in [4.78, 5) is 20.5. The van der Waals surface area contributed by atoms with E-state index in [1.807, 2.05) is 18.2 Å². The Morgan fingerprint density at radius 1 is 1.14 bits per heavy atom. The van der Waals surface area contributed by atoms with Crippen LogP contribution >= 0.6 is 0 Å². The number of hydrogen-bond acceptors (Lipinski definition) is 4. The van der Waals surface area contributed by atoms with Gasteiger partial charge in [0.05, 0.1) is 11.1 Å². The molecular formula is C22H25N5O. The van der Waals surface area contributed by atoms with Crippen molar-refractivity contribution in [1.82, 2.24) is 15.3 Å². The molecule has 2 atom stereocenters. The Labute approximate surface area is 163 Å². The van der Waals surface area contributed by atoms with E-state index in [1.54, 1.807) is 0 Å². The first kappa shape index (κ1) is 17.3. The number of aromatic amines is 1. The van der Waals surface area contributed by atoms with Gasteiger partial charge in [0, 0.05) is 47.4 Å². The minimum absolute atomic E-state index is 0.00654. The second-order valence-corrected chi connectivity index (χ2v) is 7.92. The van der Waals surface area contributed by atoms with Gasteiger partial charge >= 0.3 is 0 Å². The second-order valence-electron chi connectivity index (χ2n) is 7.92. The number of H-pyrrole nitrogens is 1.